The number of aliphatic carboxylic acids is 1. The Bertz CT molecular complexity index is 623. The third-order valence-corrected chi connectivity index (χ3v) is 4.64. The first-order valence-corrected chi connectivity index (χ1v) is 7.32. The topological polar surface area (TPSA) is 69.6 Å². The van der Waals surface area contributed by atoms with Gasteiger partial charge in [0.05, 0.1) is 0 Å². The number of carboxylic acid groups (broad SMARTS) is 1. The molecule has 1 aliphatic rings. The van der Waals surface area contributed by atoms with Crippen molar-refractivity contribution in [2.45, 2.75) is 25.1 Å². The number of hydrogen-bond donors (Lipinski definition) is 3. The van der Waals surface area contributed by atoms with Crippen molar-refractivity contribution in [3.8, 4) is 0 Å². The van der Waals surface area contributed by atoms with E-state index in [-0.39, 0.29) is 0 Å². The van der Waals surface area contributed by atoms with Crippen LogP contribution >= 0.6 is 11.3 Å². The summed E-state index contributed by atoms with van der Waals surface area (Å²) in [6, 6.07) is 9.06. The van der Waals surface area contributed by atoms with Gasteiger partial charge in [-0.25, -0.2) is 0 Å². The highest BCUT2D eigenvalue weighted by Gasteiger charge is 2.35. The summed E-state index contributed by atoms with van der Waals surface area (Å²) >= 11 is 1.57. The molecular formula is C15H15NO3S. The van der Waals surface area contributed by atoms with Crippen molar-refractivity contribution in [2.24, 2.45) is 0 Å². The Balaban J connectivity index is 1.92. The van der Waals surface area contributed by atoms with Crippen LogP contribution in [0.3, 0.4) is 0 Å². The Labute approximate surface area is 120 Å². The zero-order valence-electron chi connectivity index (χ0n) is 10.7. The Morgan fingerprint density at radius 1 is 1.35 bits per heavy atom. The summed E-state index contributed by atoms with van der Waals surface area (Å²) < 4.78 is 0. The van der Waals surface area contributed by atoms with Gasteiger partial charge < -0.3 is 10.2 Å². The van der Waals surface area contributed by atoms with E-state index in [1.54, 1.807) is 11.3 Å². The van der Waals surface area contributed by atoms with E-state index in [0.717, 1.165) is 28.0 Å². The molecule has 3 N–H and O–H groups in total. The first kappa shape index (κ1) is 13.3. The van der Waals surface area contributed by atoms with Gasteiger partial charge in [-0.1, -0.05) is 30.3 Å². The summed E-state index contributed by atoms with van der Waals surface area (Å²) in [4.78, 5) is 12.2. The molecular weight excluding hydrogens is 274 g/mol. The fraction of sp³-hybridized carbons (Fsp3) is 0.267. The minimum atomic E-state index is -1.01. The van der Waals surface area contributed by atoms with Gasteiger partial charge in [0.15, 0.2) is 0 Å². The zero-order chi connectivity index (χ0) is 14.1. The van der Waals surface area contributed by atoms with Crippen LogP contribution in [0.25, 0.3) is 0 Å². The first-order chi connectivity index (χ1) is 9.66. The molecule has 5 heteroatoms. The number of nitrogens with one attached hydrogen (secondary N) is 1. The van der Waals surface area contributed by atoms with E-state index in [9.17, 15) is 9.90 Å². The highest BCUT2D eigenvalue weighted by molar-refractivity contribution is 7.10. The lowest BCUT2D eigenvalue weighted by molar-refractivity contribution is -0.143. The molecule has 104 valence electrons. The van der Waals surface area contributed by atoms with Gasteiger partial charge in [0, 0.05) is 17.0 Å². The van der Waals surface area contributed by atoms with Crippen LogP contribution in [0.1, 0.15) is 27.7 Å². The van der Waals surface area contributed by atoms with Gasteiger partial charge in [-0.15, -0.1) is 11.3 Å². The van der Waals surface area contributed by atoms with Crippen molar-refractivity contribution >= 4 is 17.3 Å². The average Bonchev–Trinajstić information content (AvgIpc) is 2.84. The number of fused-ring (bicyclic) bond motifs is 1. The highest BCUT2D eigenvalue weighted by Crippen LogP contribution is 2.35. The molecule has 0 saturated carbocycles. The summed E-state index contributed by atoms with van der Waals surface area (Å²) in [6.07, 6.45) is -0.267. The van der Waals surface area contributed by atoms with E-state index in [1.165, 1.54) is 0 Å². The van der Waals surface area contributed by atoms with Crippen LogP contribution in [0.15, 0.2) is 35.7 Å². The second-order valence-electron chi connectivity index (χ2n) is 4.90. The van der Waals surface area contributed by atoms with E-state index in [1.807, 2.05) is 35.7 Å². The molecule has 0 fully saturated rings. The van der Waals surface area contributed by atoms with Crippen LogP contribution in [0.5, 0.6) is 0 Å². The Morgan fingerprint density at radius 3 is 2.80 bits per heavy atom. The number of aliphatic hydroxyl groups excluding tert-OH is 1. The van der Waals surface area contributed by atoms with E-state index in [0.29, 0.717) is 6.54 Å². The summed E-state index contributed by atoms with van der Waals surface area (Å²) in [5, 5.41) is 24.3. The molecule has 3 rings (SSSR count). The molecule has 20 heavy (non-hydrogen) atoms. The van der Waals surface area contributed by atoms with Crippen LogP contribution in [-0.4, -0.2) is 22.2 Å². The summed E-state index contributed by atoms with van der Waals surface area (Å²) in [5.41, 5.74) is 2.98. The summed E-state index contributed by atoms with van der Waals surface area (Å²) in [6.45, 7) is 0.503. The number of carbonyl (C=O) groups is 1. The maximum atomic E-state index is 11.1. The van der Waals surface area contributed by atoms with Crippen molar-refractivity contribution < 1.29 is 15.0 Å². The van der Waals surface area contributed by atoms with Crippen LogP contribution in [0.2, 0.25) is 0 Å². The zero-order valence-corrected chi connectivity index (χ0v) is 11.6. The van der Waals surface area contributed by atoms with Gasteiger partial charge in [0.1, 0.15) is 12.1 Å². The highest BCUT2D eigenvalue weighted by atomic mass is 32.1. The number of aliphatic hydroxyl groups is 1. The summed E-state index contributed by atoms with van der Waals surface area (Å²) in [7, 11) is 0. The lowest BCUT2D eigenvalue weighted by Crippen LogP contribution is -2.44. The third-order valence-electron chi connectivity index (χ3n) is 3.59. The normalized spacial score (nSPS) is 21.4. The lowest BCUT2D eigenvalue weighted by atomic mass is 9.92. The molecule has 2 atom stereocenters. The van der Waals surface area contributed by atoms with Gasteiger partial charge in [0.2, 0.25) is 0 Å². The molecule has 0 radical (unpaired) electrons. The van der Waals surface area contributed by atoms with E-state index >= 15 is 0 Å². The fourth-order valence-electron chi connectivity index (χ4n) is 2.60. The lowest BCUT2D eigenvalue weighted by Gasteiger charge is -2.27. The molecule has 0 amide bonds. The van der Waals surface area contributed by atoms with Crippen LogP contribution in [-0.2, 0) is 17.8 Å². The molecule has 0 bridgehead atoms. The largest absolute Gasteiger partial charge is 0.480 e. The molecule has 2 aromatic rings. The molecule has 2 heterocycles. The predicted molar refractivity (Wildman–Crippen MR) is 76.8 cm³/mol. The van der Waals surface area contributed by atoms with Gasteiger partial charge in [-0.2, -0.15) is 0 Å². The Morgan fingerprint density at radius 2 is 2.10 bits per heavy atom. The van der Waals surface area contributed by atoms with Gasteiger partial charge in [0.25, 0.3) is 0 Å². The van der Waals surface area contributed by atoms with Crippen LogP contribution in [0, 0.1) is 0 Å². The minimum Gasteiger partial charge on any atom is -0.480 e. The Hall–Kier alpha value is -1.69. The van der Waals surface area contributed by atoms with Crippen molar-refractivity contribution in [1.29, 1.82) is 0 Å². The molecule has 1 aromatic heterocycles. The second-order valence-corrected chi connectivity index (χ2v) is 5.87. The molecule has 4 nitrogen and oxygen atoms in total. The number of rotatable bonds is 3. The quantitative estimate of drug-likeness (QED) is 0.807. The molecule has 0 spiro atoms. The molecule has 0 saturated heterocycles. The number of benzene rings is 1. The van der Waals surface area contributed by atoms with Crippen molar-refractivity contribution in [1.82, 2.24) is 5.32 Å². The molecule has 1 aromatic carbocycles. The first-order valence-electron chi connectivity index (χ1n) is 6.44. The minimum absolute atomic E-state index is 0.503. The number of thiophene rings is 1. The van der Waals surface area contributed by atoms with Crippen LogP contribution in [0.4, 0.5) is 0 Å². The van der Waals surface area contributed by atoms with Crippen molar-refractivity contribution in [2.75, 3.05) is 0 Å². The maximum absolute atomic E-state index is 11.1. The van der Waals surface area contributed by atoms with Gasteiger partial charge in [-0.3, -0.25) is 10.1 Å². The van der Waals surface area contributed by atoms with Crippen molar-refractivity contribution in [3.05, 3.63) is 57.3 Å². The molecule has 0 aliphatic carbocycles. The van der Waals surface area contributed by atoms with Gasteiger partial charge >= 0.3 is 5.97 Å². The maximum Gasteiger partial charge on any atom is 0.323 e. The predicted octanol–water partition coefficient (Wildman–Crippen LogP) is 1.93. The third kappa shape index (κ3) is 2.35. The van der Waals surface area contributed by atoms with E-state index in [2.05, 4.69) is 5.32 Å². The molecule has 2 unspecified atom stereocenters. The van der Waals surface area contributed by atoms with Gasteiger partial charge in [-0.05, 0) is 22.9 Å². The Kier molecular flexibility index (Phi) is 3.56. The number of carboxylic acids is 1. The SMILES string of the molecule is O=C(O)C1NCc2scc(Cc3ccccc3)c2C1O. The van der Waals surface area contributed by atoms with E-state index in [4.69, 9.17) is 5.11 Å². The summed E-state index contributed by atoms with van der Waals surface area (Å²) in [5.74, 6) is -1.01. The fourth-order valence-corrected chi connectivity index (χ4v) is 3.64. The number of hydrogen-bond acceptors (Lipinski definition) is 4. The second kappa shape index (κ2) is 5.36. The molecule has 1 aliphatic heterocycles. The van der Waals surface area contributed by atoms with Crippen molar-refractivity contribution in [3.63, 3.8) is 0 Å². The average molecular weight is 289 g/mol. The smallest absolute Gasteiger partial charge is 0.323 e. The van der Waals surface area contributed by atoms with E-state index < -0.39 is 18.1 Å². The van der Waals surface area contributed by atoms with Crippen LogP contribution < -0.4 is 5.32 Å². The monoisotopic (exact) mass is 289 g/mol. The standard InChI is InChI=1S/C15H15NO3S/c17-14-12-10(6-9-4-2-1-3-5-9)8-20-11(12)7-16-13(14)15(18)19/h1-5,8,13-14,16-17H,6-7H2,(H,18,19).